The largest absolute Gasteiger partial charge is 0.507 e. The third kappa shape index (κ3) is 6.69. The number of phenolic OH excluding ortho intramolecular Hbond substituents is 1. The third-order valence-corrected chi connectivity index (χ3v) is 7.13. The molecule has 0 amide bonds. The highest BCUT2D eigenvalue weighted by Crippen LogP contribution is 2.31. The van der Waals surface area contributed by atoms with Gasteiger partial charge in [0.1, 0.15) is 17.3 Å². The van der Waals surface area contributed by atoms with Gasteiger partial charge in [-0.2, -0.15) is 0 Å². The van der Waals surface area contributed by atoms with Crippen LogP contribution in [-0.4, -0.2) is 42.0 Å². The Hall–Kier alpha value is -1.60. The van der Waals surface area contributed by atoms with Crippen LogP contribution in [0.5, 0.6) is 11.5 Å². The summed E-state index contributed by atoms with van der Waals surface area (Å²) in [6, 6.07) is 12.5. The summed E-state index contributed by atoms with van der Waals surface area (Å²) in [5.74, 6) is 1.64. The Kier molecular flexibility index (Phi) is 9.20. The molecule has 1 aliphatic rings. The van der Waals surface area contributed by atoms with E-state index < -0.39 is 0 Å². The van der Waals surface area contributed by atoms with Gasteiger partial charge in [0.25, 0.3) is 0 Å². The van der Waals surface area contributed by atoms with Crippen molar-refractivity contribution in [1.82, 2.24) is 4.90 Å². The zero-order valence-electron chi connectivity index (χ0n) is 18.7. The van der Waals surface area contributed by atoms with Crippen molar-refractivity contribution in [2.45, 2.75) is 64.3 Å². The normalized spacial score (nSPS) is 15.7. The van der Waals surface area contributed by atoms with Crippen LogP contribution in [0.4, 0.5) is 0 Å². The van der Waals surface area contributed by atoms with Crippen LogP contribution in [0.3, 0.4) is 0 Å². The fourth-order valence-corrected chi connectivity index (χ4v) is 5.18. The van der Waals surface area contributed by atoms with Crippen molar-refractivity contribution in [2.24, 2.45) is 0 Å². The van der Waals surface area contributed by atoms with Crippen LogP contribution < -0.4 is 4.74 Å². The smallest absolute Gasteiger partial charge is 0.133 e. The first-order chi connectivity index (χ1) is 15.0. The van der Waals surface area contributed by atoms with Gasteiger partial charge in [-0.3, -0.25) is 4.79 Å². The number of ketones is 1. The zero-order chi connectivity index (χ0) is 22.2. The van der Waals surface area contributed by atoms with Gasteiger partial charge in [-0.15, -0.1) is 0 Å². The van der Waals surface area contributed by atoms with Gasteiger partial charge >= 0.3 is 0 Å². The van der Waals surface area contributed by atoms with Crippen LogP contribution in [0.25, 0.3) is 0 Å². The third-order valence-electron chi connectivity index (χ3n) is 6.27. The van der Waals surface area contributed by atoms with Gasteiger partial charge in [-0.05, 0) is 109 Å². The topological polar surface area (TPSA) is 49.8 Å². The molecule has 1 N–H and O–H groups in total. The van der Waals surface area contributed by atoms with Crippen molar-refractivity contribution in [2.75, 3.05) is 20.2 Å². The van der Waals surface area contributed by atoms with E-state index >= 15 is 0 Å². The van der Waals surface area contributed by atoms with E-state index in [0.29, 0.717) is 30.4 Å². The number of Topliss-reactive ketones (excluding diaryl/α,β-unsaturated/α-hetero) is 1. The van der Waals surface area contributed by atoms with Crippen LogP contribution >= 0.6 is 22.6 Å². The molecular weight excluding hydrogens is 499 g/mol. The molecule has 0 heterocycles. The lowest BCUT2D eigenvalue weighted by molar-refractivity contribution is -0.119. The first kappa shape index (κ1) is 24.1. The summed E-state index contributed by atoms with van der Waals surface area (Å²) in [6.45, 7) is 4.29. The zero-order valence-corrected chi connectivity index (χ0v) is 20.9. The van der Waals surface area contributed by atoms with E-state index in [2.05, 4.69) is 52.6 Å². The second-order valence-electron chi connectivity index (χ2n) is 8.46. The molecule has 0 aliphatic heterocycles. The van der Waals surface area contributed by atoms with E-state index in [1.807, 2.05) is 12.1 Å². The number of phenols is 1. The van der Waals surface area contributed by atoms with E-state index in [1.165, 1.54) is 17.5 Å². The number of fused-ring (bicyclic) bond motifs is 1. The maximum absolute atomic E-state index is 12.4. The summed E-state index contributed by atoms with van der Waals surface area (Å²) >= 11 is 2.12. The standard InChI is InChI=1S/C26H34INO3/c1-3-15-28(21-12-11-20-6-4-8-26(31-2)23(20)18-21)16-5-7-22(29)13-9-19-10-14-25(30)24(27)17-19/h4,6,8,10,14,17,21,30H,3,5,7,9,11-13,15-16,18H2,1-2H3/i27-2. The van der Waals surface area contributed by atoms with Crippen molar-refractivity contribution in [3.8, 4) is 11.5 Å². The number of benzene rings is 2. The Morgan fingerprint density at radius 2 is 2.06 bits per heavy atom. The molecule has 2 aromatic rings. The van der Waals surface area contributed by atoms with E-state index in [4.69, 9.17) is 4.74 Å². The van der Waals surface area contributed by atoms with Crippen LogP contribution in [0.1, 0.15) is 55.7 Å². The summed E-state index contributed by atoms with van der Waals surface area (Å²) in [5, 5.41) is 9.64. The van der Waals surface area contributed by atoms with E-state index in [0.717, 1.165) is 60.1 Å². The number of carbonyl (C=O) groups excluding carboxylic acids is 1. The Bertz CT molecular complexity index is 869. The second-order valence-corrected chi connectivity index (χ2v) is 9.62. The van der Waals surface area contributed by atoms with Crippen molar-refractivity contribution in [3.63, 3.8) is 0 Å². The number of aryl methyl sites for hydroxylation is 2. The van der Waals surface area contributed by atoms with Crippen molar-refractivity contribution < 1.29 is 14.6 Å². The quantitative estimate of drug-likeness (QED) is 0.385. The van der Waals surface area contributed by atoms with Gasteiger partial charge in [-0.25, -0.2) is 0 Å². The minimum absolute atomic E-state index is 0.301. The maximum atomic E-state index is 12.4. The van der Waals surface area contributed by atoms with Crippen LogP contribution in [0.15, 0.2) is 36.4 Å². The maximum Gasteiger partial charge on any atom is 0.133 e. The highest BCUT2D eigenvalue weighted by atomic mass is 125. The van der Waals surface area contributed by atoms with Gasteiger partial charge in [0.2, 0.25) is 0 Å². The molecule has 168 valence electrons. The van der Waals surface area contributed by atoms with Gasteiger partial charge in [0, 0.05) is 18.9 Å². The Morgan fingerprint density at radius 1 is 1.23 bits per heavy atom. The number of ether oxygens (including phenoxy) is 1. The molecule has 2 aromatic carbocycles. The van der Waals surface area contributed by atoms with Gasteiger partial charge < -0.3 is 14.7 Å². The summed E-state index contributed by atoms with van der Waals surface area (Å²) < 4.78 is 6.45. The average molecular weight is 533 g/mol. The lowest BCUT2D eigenvalue weighted by Crippen LogP contribution is -2.40. The van der Waals surface area contributed by atoms with Gasteiger partial charge in [0.05, 0.1) is 10.7 Å². The lowest BCUT2D eigenvalue weighted by Gasteiger charge is -2.35. The van der Waals surface area contributed by atoms with Crippen molar-refractivity contribution >= 4 is 28.4 Å². The molecule has 0 fully saturated rings. The van der Waals surface area contributed by atoms with Crippen molar-refractivity contribution in [1.29, 1.82) is 0 Å². The molecule has 0 spiro atoms. The molecule has 0 aromatic heterocycles. The highest BCUT2D eigenvalue weighted by Gasteiger charge is 2.25. The fraction of sp³-hybridized carbons (Fsp3) is 0.500. The molecule has 5 heteroatoms. The molecule has 4 nitrogen and oxygen atoms in total. The fourth-order valence-electron chi connectivity index (χ4n) is 4.60. The number of rotatable bonds is 11. The summed E-state index contributed by atoms with van der Waals surface area (Å²) in [4.78, 5) is 15.0. The van der Waals surface area contributed by atoms with Crippen molar-refractivity contribution in [3.05, 3.63) is 56.7 Å². The van der Waals surface area contributed by atoms with Crippen LogP contribution in [0.2, 0.25) is 0 Å². The molecule has 0 saturated carbocycles. The Morgan fingerprint density at radius 3 is 2.81 bits per heavy atom. The van der Waals surface area contributed by atoms with Crippen LogP contribution in [0, 0.1) is 3.57 Å². The Balaban J connectivity index is 1.49. The molecule has 1 atom stereocenters. The summed E-state index contributed by atoms with van der Waals surface area (Å²) in [5.41, 5.74) is 3.89. The van der Waals surface area contributed by atoms with E-state index in [-0.39, 0.29) is 0 Å². The van der Waals surface area contributed by atoms with Crippen LogP contribution in [-0.2, 0) is 24.1 Å². The molecule has 0 saturated heterocycles. The minimum Gasteiger partial charge on any atom is -0.507 e. The number of nitrogens with zero attached hydrogens (tertiary/aromatic N) is 1. The first-order valence-electron chi connectivity index (χ1n) is 11.4. The molecular formula is C26H34INO3. The SMILES string of the molecule is CCCN(CCCC(=O)CCc1ccc(O)c([125I])c1)C1CCc2cccc(OC)c2C1. The monoisotopic (exact) mass is 533 g/mol. The number of carbonyl (C=O) groups is 1. The number of hydrogen-bond acceptors (Lipinski definition) is 4. The number of aromatic hydroxyl groups is 1. The number of hydrogen-bond donors (Lipinski definition) is 1. The highest BCUT2D eigenvalue weighted by molar-refractivity contribution is 14.1. The van der Waals surface area contributed by atoms with Gasteiger partial charge in [-0.1, -0.05) is 25.1 Å². The van der Waals surface area contributed by atoms with E-state index in [9.17, 15) is 9.90 Å². The number of halogens is 1. The molecule has 1 aliphatic carbocycles. The summed E-state index contributed by atoms with van der Waals surface area (Å²) in [7, 11) is 1.76. The predicted octanol–water partition coefficient (Wildman–Crippen LogP) is 5.56. The number of methoxy groups -OCH3 is 1. The molecule has 0 radical (unpaired) electrons. The molecule has 0 bridgehead atoms. The first-order valence-corrected chi connectivity index (χ1v) is 12.5. The molecule has 3 rings (SSSR count). The summed E-state index contributed by atoms with van der Waals surface area (Å²) in [6.07, 6.45) is 7.31. The molecule has 31 heavy (non-hydrogen) atoms. The second kappa shape index (κ2) is 11.9. The van der Waals surface area contributed by atoms with Gasteiger partial charge in [0.15, 0.2) is 0 Å². The Labute approximate surface area is 200 Å². The minimum atomic E-state index is 0.301. The average Bonchev–Trinajstić information content (AvgIpc) is 2.78. The van der Waals surface area contributed by atoms with E-state index in [1.54, 1.807) is 13.2 Å². The predicted molar refractivity (Wildman–Crippen MR) is 134 cm³/mol. The lowest BCUT2D eigenvalue weighted by atomic mass is 9.86. The molecule has 1 unspecified atom stereocenters.